The molecule has 0 radical (unpaired) electrons. The number of hydrogen-bond acceptors (Lipinski definition) is 4. The summed E-state index contributed by atoms with van der Waals surface area (Å²) in [4.78, 5) is 0. The van der Waals surface area contributed by atoms with Gasteiger partial charge in [0.1, 0.15) is 0 Å². The highest BCUT2D eigenvalue weighted by Crippen LogP contribution is 2.65. The summed E-state index contributed by atoms with van der Waals surface area (Å²) in [5, 5.41) is 20.1. The maximum atomic E-state index is 11.0. The van der Waals surface area contributed by atoms with Crippen LogP contribution in [-0.2, 0) is 9.47 Å². The molecule has 0 aromatic heterocycles. The Morgan fingerprint density at radius 2 is 1.75 bits per heavy atom. The molecule has 3 saturated carbocycles. The van der Waals surface area contributed by atoms with Gasteiger partial charge in [0.05, 0.1) is 24.9 Å². The standard InChI is InChI=1S/C20H31NO3/c1-18-8-5-15-14(16(18)7-9-19(18,2)22)6-10-20(23-12-13-24-20)17(15)4-3-11-21/h14-17,22H,3-10,12-13H2,1-2H3/t14?,15?,16?,17?,18-,19-/m1/s1. The highest BCUT2D eigenvalue weighted by Gasteiger charge is 2.63. The number of nitriles is 1. The van der Waals surface area contributed by atoms with Crippen LogP contribution in [0.2, 0.25) is 0 Å². The summed E-state index contributed by atoms with van der Waals surface area (Å²) in [6.07, 6.45) is 7.87. The Hall–Kier alpha value is -0.630. The van der Waals surface area contributed by atoms with E-state index >= 15 is 0 Å². The third-order valence-electron chi connectivity index (χ3n) is 8.31. The Balaban J connectivity index is 1.62. The van der Waals surface area contributed by atoms with Crippen molar-refractivity contribution < 1.29 is 14.6 Å². The molecule has 1 saturated heterocycles. The van der Waals surface area contributed by atoms with Gasteiger partial charge in [0.25, 0.3) is 0 Å². The van der Waals surface area contributed by atoms with Crippen LogP contribution in [0.3, 0.4) is 0 Å². The first kappa shape index (κ1) is 16.8. The largest absolute Gasteiger partial charge is 0.390 e. The van der Waals surface area contributed by atoms with Crippen molar-refractivity contribution in [2.24, 2.45) is 29.1 Å². The van der Waals surface area contributed by atoms with Crippen LogP contribution in [0.25, 0.3) is 0 Å². The van der Waals surface area contributed by atoms with E-state index in [4.69, 9.17) is 14.7 Å². The van der Waals surface area contributed by atoms with Gasteiger partial charge in [0, 0.05) is 18.8 Å². The molecular weight excluding hydrogens is 302 g/mol. The van der Waals surface area contributed by atoms with Crippen molar-refractivity contribution in [3.05, 3.63) is 0 Å². The third kappa shape index (κ3) is 2.21. The van der Waals surface area contributed by atoms with E-state index in [1.165, 1.54) is 0 Å². The number of rotatable bonds is 2. The van der Waals surface area contributed by atoms with E-state index in [1.54, 1.807) is 0 Å². The molecule has 1 N–H and O–H groups in total. The summed E-state index contributed by atoms with van der Waals surface area (Å²) >= 11 is 0. The number of ether oxygens (including phenoxy) is 2. The molecule has 4 rings (SSSR count). The molecule has 4 unspecified atom stereocenters. The molecule has 0 amide bonds. The van der Waals surface area contributed by atoms with Crippen LogP contribution in [0.1, 0.15) is 65.2 Å². The lowest BCUT2D eigenvalue weighted by atomic mass is 9.51. The zero-order valence-corrected chi connectivity index (χ0v) is 15.1. The minimum absolute atomic E-state index is 0.0514. The summed E-state index contributed by atoms with van der Waals surface area (Å²) in [5.74, 6) is 1.76. The molecule has 1 aliphatic heterocycles. The average molecular weight is 333 g/mol. The monoisotopic (exact) mass is 333 g/mol. The normalized spacial score (nSPS) is 49.6. The van der Waals surface area contributed by atoms with E-state index < -0.39 is 11.4 Å². The van der Waals surface area contributed by atoms with Gasteiger partial charge in [0.2, 0.25) is 0 Å². The van der Waals surface area contributed by atoms with Crippen molar-refractivity contribution in [3.8, 4) is 6.07 Å². The van der Waals surface area contributed by atoms with E-state index in [0.717, 1.165) is 44.9 Å². The molecule has 4 heteroatoms. The van der Waals surface area contributed by atoms with Crippen LogP contribution in [-0.4, -0.2) is 29.7 Å². The Bertz CT molecular complexity index is 533. The van der Waals surface area contributed by atoms with Crippen molar-refractivity contribution in [2.45, 2.75) is 76.6 Å². The predicted molar refractivity (Wildman–Crippen MR) is 89.9 cm³/mol. The molecule has 0 aromatic carbocycles. The highest BCUT2D eigenvalue weighted by atomic mass is 16.7. The van der Waals surface area contributed by atoms with Crippen LogP contribution in [0.4, 0.5) is 0 Å². The minimum Gasteiger partial charge on any atom is -0.390 e. The molecule has 1 heterocycles. The summed E-state index contributed by atoms with van der Waals surface area (Å²) in [6, 6.07) is 2.33. The van der Waals surface area contributed by atoms with Crippen LogP contribution < -0.4 is 0 Å². The first-order valence-electron chi connectivity index (χ1n) is 9.81. The fourth-order valence-corrected chi connectivity index (χ4v) is 6.84. The lowest BCUT2D eigenvalue weighted by Crippen LogP contribution is -2.56. The second-order valence-corrected chi connectivity index (χ2v) is 9.05. The quantitative estimate of drug-likeness (QED) is 0.838. The van der Waals surface area contributed by atoms with Crippen molar-refractivity contribution in [3.63, 3.8) is 0 Å². The fraction of sp³-hybridized carbons (Fsp3) is 0.950. The molecule has 24 heavy (non-hydrogen) atoms. The number of hydrogen-bond donors (Lipinski definition) is 1. The van der Waals surface area contributed by atoms with Crippen LogP contribution in [0.15, 0.2) is 0 Å². The lowest BCUT2D eigenvalue weighted by Gasteiger charge is -2.57. The zero-order valence-electron chi connectivity index (χ0n) is 15.1. The first-order valence-corrected chi connectivity index (χ1v) is 9.81. The molecule has 1 spiro atoms. The first-order chi connectivity index (χ1) is 11.4. The Kier molecular flexibility index (Phi) is 3.99. The molecule has 4 nitrogen and oxygen atoms in total. The van der Waals surface area contributed by atoms with E-state index in [9.17, 15) is 5.11 Å². The van der Waals surface area contributed by atoms with Gasteiger partial charge in [-0.15, -0.1) is 0 Å². The topological polar surface area (TPSA) is 62.5 Å². The zero-order chi connectivity index (χ0) is 17.0. The number of fused-ring (bicyclic) bond motifs is 3. The highest BCUT2D eigenvalue weighted by molar-refractivity contribution is 5.11. The Morgan fingerprint density at radius 1 is 1.04 bits per heavy atom. The summed E-state index contributed by atoms with van der Waals surface area (Å²) in [6.45, 7) is 5.75. The van der Waals surface area contributed by atoms with E-state index in [2.05, 4.69) is 13.0 Å². The molecule has 6 atom stereocenters. The van der Waals surface area contributed by atoms with Crippen molar-refractivity contribution in [1.82, 2.24) is 0 Å². The smallest absolute Gasteiger partial charge is 0.171 e. The van der Waals surface area contributed by atoms with Crippen LogP contribution in [0.5, 0.6) is 0 Å². The van der Waals surface area contributed by atoms with Gasteiger partial charge in [0.15, 0.2) is 5.79 Å². The SMILES string of the molecule is C[C@@]1(O)CCC2C3CCC4(OCCO4)C(CCC#N)C3CC[C@]21C. The summed E-state index contributed by atoms with van der Waals surface area (Å²) in [7, 11) is 0. The molecule has 4 aliphatic rings. The number of aliphatic hydroxyl groups is 1. The second-order valence-electron chi connectivity index (χ2n) is 9.05. The molecule has 3 aliphatic carbocycles. The number of nitrogens with zero attached hydrogens (tertiary/aromatic N) is 1. The van der Waals surface area contributed by atoms with E-state index in [0.29, 0.717) is 43.3 Å². The minimum atomic E-state index is -0.527. The van der Waals surface area contributed by atoms with Crippen molar-refractivity contribution in [2.75, 3.05) is 13.2 Å². The third-order valence-corrected chi connectivity index (χ3v) is 8.31. The molecule has 134 valence electrons. The predicted octanol–water partition coefficient (Wildman–Crippen LogP) is 3.64. The molecule has 0 aromatic rings. The van der Waals surface area contributed by atoms with Gasteiger partial charge in [-0.1, -0.05) is 6.92 Å². The van der Waals surface area contributed by atoms with Gasteiger partial charge in [-0.05, 0) is 68.6 Å². The van der Waals surface area contributed by atoms with Crippen molar-refractivity contribution >= 4 is 0 Å². The van der Waals surface area contributed by atoms with Gasteiger partial charge in [-0.3, -0.25) is 0 Å². The molecular formula is C20H31NO3. The van der Waals surface area contributed by atoms with Crippen LogP contribution >= 0.6 is 0 Å². The van der Waals surface area contributed by atoms with Crippen molar-refractivity contribution in [1.29, 1.82) is 5.26 Å². The fourth-order valence-electron chi connectivity index (χ4n) is 6.84. The lowest BCUT2D eigenvalue weighted by molar-refractivity contribution is -0.251. The second kappa shape index (κ2) is 5.69. The van der Waals surface area contributed by atoms with Gasteiger partial charge in [-0.2, -0.15) is 5.26 Å². The Morgan fingerprint density at radius 3 is 2.46 bits per heavy atom. The maximum Gasteiger partial charge on any atom is 0.171 e. The maximum absolute atomic E-state index is 11.0. The Labute approximate surface area is 145 Å². The average Bonchev–Trinajstić information content (AvgIpc) is 3.11. The molecule has 0 bridgehead atoms. The van der Waals surface area contributed by atoms with Gasteiger partial charge in [-0.25, -0.2) is 0 Å². The summed E-state index contributed by atoms with van der Waals surface area (Å²) < 4.78 is 12.3. The summed E-state index contributed by atoms with van der Waals surface area (Å²) in [5.41, 5.74) is -0.476. The van der Waals surface area contributed by atoms with Gasteiger partial charge < -0.3 is 14.6 Å². The van der Waals surface area contributed by atoms with Crippen LogP contribution in [0, 0.1) is 40.4 Å². The van der Waals surface area contributed by atoms with E-state index in [-0.39, 0.29) is 5.41 Å². The van der Waals surface area contributed by atoms with E-state index in [1.807, 2.05) is 6.92 Å². The van der Waals surface area contributed by atoms with Gasteiger partial charge >= 0.3 is 0 Å². The molecule has 4 fully saturated rings.